The van der Waals surface area contributed by atoms with Crippen LogP contribution < -0.4 is 0 Å². The van der Waals surface area contributed by atoms with Gasteiger partial charge >= 0.3 is 5.97 Å². The summed E-state index contributed by atoms with van der Waals surface area (Å²) >= 11 is 0. The van der Waals surface area contributed by atoms with E-state index in [9.17, 15) is 9.59 Å². The van der Waals surface area contributed by atoms with Gasteiger partial charge in [-0.05, 0) is 23.3 Å². The van der Waals surface area contributed by atoms with Gasteiger partial charge in [0.1, 0.15) is 6.42 Å². The molecule has 0 spiro atoms. The number of ether oxygens (including phenoxy) is 1. The van der Waals surface area contributed by atoms with Crippen LogP contribution in [0.4, 0.5) is 0 Å². The molecule has 0 saturated heterocycles. The van der Waals surface area contributed by atoms with Crippen molar-refractivity contribution in [1.82, 2.24) is 0 Å². The van der Waals surface area contributed by atoms with Gasteiger partial charge in [-0.25, -0.2) is 0 Å². The Labute approximate surface area is 105 Å². The number of hydrogen-bond donors (Lipinski definition) is 0. The summed E-state index contributed by atoms with van der Waals surface area (Å²) in [7, 11) is 1.28. The van der Waals surface area contributed by atoms with Crippen LogP contribution in [0.3, 0.4) is 0 Å². The van der Waals surface area contributed by atoms with E-state index in [2.05, 4.69) is 4.74 Å². The minimum atomic E-state index is -0.510. The maximum Gasteiger partial charge on any atom is 0.313 e. The largest absolute Gasteiger partial charge is 0.469 e. The average molecular weight is 242 g/mol. The number of carbonyl (C=O) groups excluding carboxylic acids is 2. The van der Waals surface area contributed by atoms with E-state index < -0.39 is 5.97 Å². The van der Waals surface area contributed by atoms with Crippen LogP contribution >= 0.6 is 0 Å². The molecule has 0 saturated carbocycles. The van der Waals surface area contributed by atoms with E-state index >= 15 is 0 Å². The van der Waals surface area contributed by atoms with Gasteiger partial charge in [0.05, 0.1) is 7.11 Å². The Kier molecular flexibility index (Phi) is 3.42. The van der Waals surface area contributed by atoms with Crippen molar-refractivity contribution in [3.05, 3.63) is 47.5 Å². The predicted octanol–water partition coefficient (Wildman–Crippen LogP) is 2.89. The van der Waals surface area contributed by atoms with Gasteiger partial charge in [0, 0.05) is 5.56 Å². The molecule has 0 heterocycles. The highest BCUT2D eigenvalue weighted by Gasteiger charge is 2.15. The van der Waals surface area contributed by atoms with Crippen LogP contribution in [0.1, 0.15) is 22.3 Å². The molecule has 0 radical (unpaired) electrons. The molecule has 3 heteroatoms. The molecule has 2 aromatic rings. The third kappa shape index (κ3) is 2.25. The van der Waals surface area contributed by atoms with E-state index in [1.807, 2.05) is 37.3 Å². The molecule has 0 amide bonds. The van der Waals surface area contributed by atoms with E-state index in [1.165, 1.54) is 7.11 Å². The molecule has 0 N–H and O–H groups in total. The highest BCUT2D eigenvalue weighted by molar-refractivity contribution is 6.13. The van der Waals surface area contributed by atoms with Crippen molar-refractivity contribution < 1.29 is 14.3 Å². The summed E-state index contributed by atoms with van der Waals surface area (Å²) in [5.74, 6) is -0.720. The van der Waals surface area contributed by atoms with Crippen molar-refractivity contribution in [1.29, 1.82) is 0 Å². The zero-order chi connectivity index (χ0) is 13.1. The summed E-state index contributed by atoms with van der Waals surface area (Å²) in [5.41, 5.74) is 1.68. The number of aryl methyl sites for hydroxylation is 1. The lowest BCUT2D eigenvalue weighted by Crippen LogP contribution is -2.10. The Hall–Kier alpha value is -2.16. The third-order valence-electron chi connectivity index (χ3n) is 2.98. The van der Waals surface area contributed by atoms with Gasteiger partial charge in [-0.1, -0.05) is 36.4 Å². The second kappa shape index (κ2) is 5.00. The summed E-state index contributed by atoms with van der Waals surface area (Å²) in [6.07, 6.45) is -0.219. The first-order valence-corrected chi connectivity index (χ1v) is 5.72. The van der Waals surface area contributed by atoms with Crippen molar-refractivity contribution in [2.75, 3.05) is 7.11 Å². The molecule has 0 atom stereocenters. The first-order chi connectivity index (χ1) is 8.63. The van der Waals surface area contributed by atoms with Crippen molar-refractivity contribution >= 4 is 22.5 Å². The third-order valence-corrected chi connectivity index (χ3v) is 2.98. The highest BCUT2D eigenvalue weighted by atomic mass is 16.5. The smallest absolute Gasteiger partial charge is 0.313 e. The summed E-state index contributed by atoms with van der Waals surface area (Å²) in [5, 5.41) is 1.92. The van der Waals surface area contributed by atoms with E-state index in [-0.39, 0.29) is 12.2 Å². The second-order valence-corrected chi connectivity index (χ2v) is 4.15. The van der Waals surface area contributed by atoms with Crippen LogP contribution in [0, 0.1) is 6.92 Å². The van der Waals surface area contributed by atoms with Crippen molar-refractivity contribution in [3.8, 4) is 0 Å². The van der Waals surface area contributed by atoms with E-state index in [0.29, 0.717) is 5.56 Å². The normalized spacial score (nSPS) is 10.3. The monoisotopic (exact) mass is 242 g/mol. The number of fused-ring (bicyclic) bond motifs is 1. The van der Waals surface area contributed by atoms with Crippen LogP contribution in [0.15, 0.2) is 36.4 Å². The van der Waals surface area contributed by atoms with Gasteiger partial charge < -0.3 is 4.74 Å². The minimum absolute atomic E-state index is 0.210. The fourth-order valence-corrected chi connectivity index (χ4v) is 1.99. The maximum atomic E-state index is 12.0. The minimum Gasteiger partial charge on any atom is -0.469 e. The number of ketones is 1. The van der Waals surface area contributed by atoms with Crippen LogP contribution in [-0.2, 0) is 9.53 Å². The molecule has 0 unspecified atom stereocenters. The molecule has 0 aliphatic heterocycles. The molecule has 0 aromatic heterocycles. The number of carbonyl (C=O) groups is 2. The molecular weight excluding hydrogens is 228 g/mol. The molecular formula is C15H14O3. The second-order valence-electron chi connectivity index (χ2n) is 4.15. The molecule has 0 bridgehead atoms. The lowest BCUT2D eigenvalue weighted by molar-refractivity contribution is -0.139. The van der Waals surface area contributed by atoms with Crippen LogP contribution in [0.2, 0.25) is 0 Å². The number of Topliss-reactive ketones (excluding diaryl/α,β-unsaturated/α-hetero) is 1. The number of rotatable bonds is 3. The Bertz CT molecular complexity index is 614. The standard InChI is InChI=1S/C15H14O3/c1-10-7-8-13(14(16)9-15(17)18-2)12-6-4-3-5-11(10)12/h3-8H,9H2,1-2H3. The van der Waals surface area contributed by atoms with Crippen molar-refractivity contribution in [3.63, 3.8) is 0 Å². The number of hydrogen-bond acceptors (Lipinski definition) is 3. The number of benzene rings is 2. The van der Waals surface area contributed by atoms with Crippen LogP contribution in [-0.4, -0.2) is 18.9 Å². The summed E-state index contributed by atoms with van der Waals surface area (Å²) in [6, 6.07) is 11.4. The van der Waals surface area contributed by atoms with Gasteiger partial charge in [0.25, 0.3) is 0 Å². The van der Waals surface area contributed by atoms with Crippen molar-refractivity contribution in [2.24, 2.45) is 0 Å². The van der Waals surface area contributed by atoms with E-state index in [4.69, 9.17) is 0 Å². The first kappa shape index (κ1) is 12.3. The van der Waals surface area contributed by atoms with E-state index in [1.54, 1.807) is 6.07 Å². The topological polar surface area (TPSA) is 43.4 Å². The summed E-state index contributed by atoms with van der Waals surface area (Å²) in [4.78, 5) is 23.2. The Morgan fingerprint density at radius 2 is 1.72 bits per heavy atom. The average Bonchev–Trinajstić information content (AvgIpc) is 2.39. The first-order valence-electron chi connectivity index (χ1n) is 5.72. The van der Waals surface area contributed by atoms with Gasteiger partial charge in [0.15, 0.2) is 5.78 Å². The Balaban J connectivity index is 2.49. The number of esters is 1. The molecule has 0 aliphatic carbocycles. The van der Waals surface area contributed by atoms with Gasteiger partial charge in [0.2, 0.25) is 0 Å². The SMILES string of the molecule is COC(=O)CC(=O)c1ccc(C)c2ccccc12. The molecule has 92 valence electrons. The van der Waals surface area contributed by atoms with E-state index in [0.717, 1.165) is 16.3 Å². The molecule has 3 nitrogen and oxygen atoms in total. The predicted molar refractivity (Wildman–Crippen MR) is 69.6 cm³/mol. The highest BCUT2D eigenvalue weighted by Crippen LogP contribution is 2.23. The molecule has 2 aromatic carbocycles. The molecule has 18 heavy (non-hydrogen) atoms. The van der Waals surface area contributed by atoms with Gasteiger partial charge in [-0.15, -0.1) is 0 Å². The van der Waals surface area contributed by atoms with Gasteiger partial charge in [-0.2, -0.15) is 0 Å². The Morgan fingerprint density at radius 1 is 1.06 bits per heavy atom. The zero-order valence-electron chi connectivity index (χ0n) is 10.4. The summed E-state index contributed by atoms with van der Waals surface area (Å²) in [6.45, 7) is 2.00. The van der Waals surface area contributed by atoms with Crippen LogP contribution in [0.25, 0.3) is 10.8 Å². The molecule has 0 aliphatic rings. The van der Waals surface area contributed by atoms with Gasteiger partial charge in [-0.3, -0.25) is 9.59 Å². The zero-order valence-corrected chi connectivity index (χ0v) is 10.4. The van der Waals surface area contributed by atoms with Crippen molar-refractivity contribution in [2.45, 2.75) is 13.3 Å². The maximum absolute atomic E-state index is 12.0. The fourth-order valence-electron chi connectivity index (χ4n) is 1.99. The Morgan fingerprint density at radius 3 is 2.39 bits per heavy atom. The number of methoxy groups -OCH3 is 1. The quantitative estimate of drug-likeness (QED) is 0.472. The lowest BCUT2D eigenvalue weighted by Gasteiger charge is -2.07. The summed E-state index contributed by atoms with van der Waals surface area (Å²) < 4.78 is 4.52. The molecule has 0 fully saturated rings. The fraction of sp³-hybridized carbons (Fsp3) is 0.200. The van der Waals surface area contributed by atoms with Crippen LogP contribution in [0.5, 0.6) is 0 Å². The molecule has 2 rings (SSSR count). The lowest BCUT2D eigenvalue weighted by atomic mass is 9.97.